The summed E-state index contributed by atoms with van der Waals surface area (Å²) < 4.78 is 9.65. The Hall–Kier alpha value is -1.23. The van der Waals surface area contributed by atoms with E-state index in [1.807, 2.05) is 0 Å². The van der Waals surface area contributed by atoms with Crippen molar-refractivity contribution in [3.05, 3.63) is 25.3 Å². The van der Waals surface area contributed by atoms with E-state index in [0.717, 1.165) is 23.9 Å². The molecule has 0 spiro atoms. The average molecular weight is 216 g/mol. The van der Waals surface area contributed by atoms with E-state index in [0.29, 0.717) is 0 Å². The quantitative estimate of drug-likeness (QED) is 0.396. The summed E-state index contributed by atoms with van der Waals surface area (Å²) in [6.07, 6.45) is 3.64. The summed E-state index contributed by atoms with van der Waals surface area (Å²) in [5, 5.41) is -1.34. The number of carbonyl (C=O) groups excluding carboxylic acids is 2. The molecule has 78 valence electrons. The molecular formula is C9H12O4S. The van der Waals surface area contributed by atoms with Crippen LogP contribution in [-0.4, -0.2) is 23.3 Å². The van der Waals surface area contributed by atoms with E-state index in [9.17, 15) is 9.59 Å². The van der Waals surface area contributed by atoms with Crippen LogP contribution in [0.25, 0.3) is 0 Å². The van der Waals surface area contributed by atoms with Crippen LogP contribution in [0.5, 0.6) is 0 Å². The predicted molar refractivity (Wildman–Crippen MR) is 54.5 cm³/mol. The second kappa shape index (κ2) is 5.49. The normalized spacial score (nSPS) is 10.1. The van der Waals surface area contributed by atoms with Gasteiger partial charge in [-0.3, -0.25) is 0 Å². The van der Waals surface area contributed by atoms with Gasteiger partial charge >= 0.3 is 17.1 Å². The first-order valence-electron chi connectivity index (χ1n) is 3.73. The van der Waals surface area contributed by atoms with Gasteiger partial charge in [0.2, 0.25) is 0 Å². The van der Waals surface area contributed by atoms with Crippen LogP contribution < -0.4 is 0 Å². The molecule has 0 aliphatic rings. The maximum atomic E-state index is 10.9. The van der Waals surface area contributed by atoms with Gasteiger partial charge < -0.3 is 9.47 Å². The highest BCUT2D eigenvalue weighted by Crippen LogP contribution is 2.25. The molecule has 0 aromatic rings. The third kappa shape index (κ3) is 4.13. The number of ether oxygens (including phenoxy) is 2. The summed E-state index contributed by atoms with van der Waals surface area (Å²) >= 11 is 1.08. The van der Waals surface area contributed by atoms with Gasteiger partial charge in [0.25, 0.3) is 0 Å². The van der Waals surface area contributed by atoms with Crippen molar-refractivity contribution in [1.29, 1.82) is 0 Å². The second-order valence-electron chi connectivity index (χ2n) is 2.32. The standard InChI is InChI=1S/C9H12O4S/c1-5-7(10)12-9(3,14-4)13-8(11)6-2/h5-6H,1-2H2,3-4H3. The zero-order chi connectivity index (χ0) is 11.2. The highest BCUT2D eigenvalue weighted by Gasteiger charge is 2.30. The van der Waals surface area contributed by atoms with Crippen molar-refractivity contribution >= 4 is 23.7 Å². The zero-order valence-corrected chi connectivity index (χ0v) is 8.93. The van der Waals surface area contributed by atoms with Crippen LogP contribution in [0.2, 0.25) is 0 Å². The zero-order valence-electron chi connectivity index (χ0n) is 8.11. The first-order valence-corrected chi connectivity index (χ1v) is 4.96. The maximum absolute atomic E-state index is 10.9. The molecule has 0 rings (SSSR count). The predicted octanol–water partition coefficient (Wildman–Crippen LogP) is 1.48. The van der Waals surface area contributed by atoms with Crippen molar-refractivity contribution in [2.75, 3.05) is 6.26 Å². The lowest BCUT2D eigenvalue weighted by atomic mass is 10.6. The topological polar surface area (TPSA) is 52.6 Å². The van der Waals surface area contributed by atoms with E-state index in [4.69, 9.17) is 9.47 Å². The van der Waals surface area contributed by atoms with Gasteiger partial charge in [-0.05, 0) is 6.26 Å². The Kier molecular flexibility index (Phi) is 5.01. The van der Waals surface area contributed by atoms with Gasteiger partial charge in [-0.2, -0.15) is 0 Å². The van der Waals surface area contributed by atoms with Gasteiger partial charge in [-0.15, -0.1) is 0 Å². The molecule has 5 heteroatoms. The fourth-order valence-corrected chi connectivity index (χ4v) is 0.884. The Balaban J connectivity index is 4.45. The molecule has 0 amide bonds. The minimum absolute atomic E-state index is 0.654. The largest absolute Gasteiger partial charge is 0.410 e. The fraction of sp³-hybridized carbons (Fsp3) is 0.333. The third-order valence-corrected chi connectivity index (χ3v) is 2.18. The van der Waals surface area contributed by atoms with Crippen LogP contribution in [0, 0.1) is 0 Å². The van der Waals surface area contributed by atoms with E-state index in [1.165, 1.54) is 6.92 Å². The summed E-state index contributed by atoms with van der Waals surface area (Å²) in [4.78, 5) is 21.8. The molecule has 14 heavy (non-hydrogen) atoms. The minimum Gasteiger partial charge on any atom is -0.410 e. The average Bonchev–Trinajstić information content (AvgIpc) is 2.17. The van der Waals surface area contributed by atoms with Crippen LogP contribution >= 0.6 is 11.8 Å². The Labute approximate surface area is 87.0 Å². The molecular weight excluding hydrogens is 204 g/mol. The monoisotopic (exact) mass is 216 g/mol. The minimum atomic E-state index is -1.34. The molecule has 0 aliphatic heterocycles. The fourth-order valence-electron chi connectivity index (χ4n) is 0.553. The Morgan fingerprint density at radius 1 is 1.21 bits per heavy atom. The molecule has 0 N–H and O–H groups in total. The van der Waals surface area contributed by atoms with Crippen molar-refractivity contribution in [2.45, 2.75) is 12.0 Å². The highest BCUT2D eigenvalue weighted by molar-refractivity contribution is 7.99. The van der Waals surface area contributed by atoms with Crippen LogP contribution in [0.3, 0.4) is 0 Å². The molecule has 0 aromatic heterocycles. The van der Waals surface area contributed by atoms with Gasteiger partial charge in [0.15, 0.2) is 0 Å². The number of hydrogen-bond acceptors (Lipinski definition) is 5. The van der Waals surface area contributed by atoms with Crippen molar-refractivity contribution in [1.82, 2.24) is 0 Å². The lowest BCUT2D eigenvalue weighted by Crippen LogP contribution is -2.32. The number of carbonyl (C=O) groups is 2. The van der Waals surface area contributed by atoms with E-state index in [2.05, 4.69) is 13.2 Å². The van der Waals surface area contributed by atoms with Gasteiger partial charge in [0, 0.05) is 19.1 Å². The van der Waals surface area contributed by atoms with Crippen LogP contribution in [0.4, 0.5) is 0 Å². The third-order valence-electron chi connectivity index (χ3n) is 1.28. The maximum Gasteiger partial charge on any atom is 0.334 e. The van der Waals surface area contributed by atoms with Gasteiger partial charge in [0.05, 0.1) is 0 Å². The van der Waals surface area contributed by atoms with Crippen molar-refractivity contribution in [3.8, 4) is 0 Å². The second-order valence-corrected chi connectivity index (χ2v) is 3.47. The van der Waals surface area contributed by atoms with Crippen molar-refractivity contribution < 1.29 is 19.1 Å². The molecule has 0 aromatic carbocycles. The summed E-state index contributed by atoms with van der Waals surface area (Å²) in [6.45, 7) is 7.93. The number of esters is 2. The van der Waals surface area contributed by atoms with Crippen LogP contribution in [-0.2, 0) is 19.1 Å². The highest BCUT2D eigenvalue weighted by atomic mass is 32.2. The number of rotatable bonds is 5. The Morgan fingerprint density at radius 3 is 1.79 bits per heavy atom. The van der Waals surface area contributed by atoms with E-state index in [-0.39, 0.29) is 0 Å². The molecule has 0 heterocycles. The van der Waals surface area contributed by atoms with E-state index >= 15 is 0 Å². The summed E-state index contributed by atoms with van der Waals surface area (Å²) in [6, 6.07) is 0. The summed E-state index contributed by atoms with van der Waals surface area (Å²) in [5.74, 6) is -1.31. The Bertz CT molecular complexity index is 238. The summed E-state index contributed by atoms with van der Waals surface area (Å²) in [7, 11) is 0. The van der Waals surface area contributed by atoms with Crippen LogP contribution in [0.15, 0.2) is 25.3 Å². The first kappa shape index (κ1) is 12.8. The first-order chi connectivity index (χ1) is 6.47. The molecule has 0 bridgehead atoms. The van der Waals surface area contributed by atoms with E-state index < -0.39 is 17.1 Å². The molecule has 0 fully saturated rings. The number of thioether (sulfide) groups is 1. The molecule has 0 unspecified atom stereocenters. The Morgan fingerprint density at radius 2 is 1.57 bits per heavy atom. The lowest BCUT2D eigenvalue weighted by molar-refractivity contribution is -0.186. The number of hydrogen-bond donors (Lipinski definition) is 0. The van der Waals surface area contributed by atoms with Gasteiger partial charge in [-0.1, -0.05) is 24.9 Å². The van der Waals surface area contributed by atoms with Gasteiger partial charge in [-0.25, -0.2) is 9.59 Å². The molecule has 4 nitrogen and oxygen atoms in total. The SMILES string of the molecule is C=CC(=O)OC(C)(OC(=O)C=C)SC. The lowest BCUT2D eigenvalue weighted by Gasteiger charge is -2.25. The molecule has 0 aliphatic carbocycles. The van der Waals surface area contributed by atoms with Crippen molar-refractivity contribution in [3.63, 3.8) is 0 Å². The van der Waals surface area contributed by atoms with Gasteiger partial charge in [0.1, 0.15) is 0 Å². The smallest absolute Gasteiger partial charge is 0.334 e. The van der Waals surface area contributed by atoms with E-state index in [1.54, 1.807) is 6.26 Å². The van der Waals surface area contributed by atoms with Crippen molar-refractivity contribution in [2.24, 2.45) is 0 Å². The molecule has 0 saturated heterocycles. The molecule has 0 radical (unpaired) electrons. The summed E-state index contributed by atoms with van der Waals surface area (Å²) in [5.41, 5.74) is 0. The van der Waals surface area contributed by atoms with Crippen LogP contribution in [0.1, 0.15) is 6.92 Å². The molecule has 0 atom stereocenters. The molecule has 0 saturated carbocycles.